The summed E-state index contributed by atoms with van der Waals surface area (Å²) in [5.74, 6) is -1.07. The summed E-state index contributed by atoms with van der Waals surface area (Å²) in [7, 11) is 0. The number of Topliss-reactive ketones (excluding diaryl/α,β-unsaturated/α-hetero) is 1. The number of hydrogen-bond acceptors (Lipinski definition) is 5. The molecule has 0 aliphatic carbocycles. The van der Waals surface area contributed by atoms with Crippen LogP contribution in [-0.2, 0) is 11.3 Å². The van der Waals surface area contributed by atoms with Gasteiger partial charge in [0.25, 0.3) is 5.91 Å². The zero-order valence-electron chi connectivity index (χ0n) is 16.2. The first-order chi connectivity index (χ1) is 14.5. The predicted octanol–water partition coefficient (Wildman–Crippen LogP) is 3.09. The van der Waals surface area contributed by atoms with Gasteiger partial charge in [-0.3, -0.25) is 19.6 Å². The van der Waals surface area contributed by atoms with Crippen molar-refractivity contribution in [3.8, 4) is 0 Å². The van der Waals surface area contributed by atoms with E-state index in [1.807, 2.05) is 0 Å². The number of rotatable bonds is 4. The third kappa shape index (κ3) is 3.51. The Bertz CT molecular complexity index is 1180. The molecule has 1 amide bonds. The fraction of sp³-hybridized carbons (Fsp3) is 0.130. The second-order valence-electron chi connectivity index (χ2n) is 6.90. The predicted molar refractivity (Wildman–Crippen MR) is 112 cm³/mol. The lowest BCUT2D eigenvalue weighted by Crippen LogP contribution is -2.42. The molecule has 30 heavy (non-hydrogen) atoms. The van der Waals surface area contributed by atoms with Gasteiger partial charge in [0.2, 0.25) is 0 Å². The Morgan fingerprint density at radius 2 is 1.77 bits per heavy atom. The number of benzene rings is 2. The Morgan fingerprint density at radius 3 is 2.50 bits per heavy atom. The van der Waals surface area contributed by atoms with Crippen LogP contribution in [0, 0.1) is 5.82 Å². The molecule has 2 N–H and O–H groups in total. The van der Waals surface area contributed by atoms with Gasteiger partial charge in [-0.05, 0) is 37.3 Å². The molecule has 0 saturated carbocycles. The van der Waals surface area contributed by atoms with Crippen LogP contribution in [0.2, 0.25) is 0 Å². The van der Waals surface area contributed by atoms with Crippen LogP contribution in [0.3, 0.4) is 0 Å². The molecule has 0 unspecified atom stereocenters. The number of aromatic nitrogens is 1. The number of nitrogens with zero attached hydrogens (tertiary/aromatic N) is 3. The third-order valence-electron chi connectivity index (χ3n) is 4.94. The van der Waals surface area contributed by atoms with Crippen molar-refractivity contribution in [3.63, 3.8) is 0 Å². The fourth-order valence-corrected chi connectivity index (χ4v) is 3.52. The summed E-state index contributed by atoms with van der Waals surface area (Å²) < 4.78 is 14.5. The number of fused-ring (bicyclic) bond motifs is 1. The van der Waals surface area contributed by atoms with Crippen LogP contribution in [0.5, 0.6) is 0 Å². The molecule has 6 nitrogen and oxygen atoms in total. The Morgan fingerprint density at radius 1 is 1.07 bits per heavy atom. The van der Waals surface area contributed by atoms with E-state index in [2.05, 4.69) is 9.98 Å². The quantitative estimate of drug-likeness (QED) is 0.679. The molecule has 0 spiro atoms. The maximum Gasteiger partial charge on any atom is 0.266 e. The highest BCUT2D eigenvalue weighted by atomic mass is 19.1. The van der Waals surface area contributed by atoms with E-state index in [4.69, 9.17) is 5.73 Å². The van der Waals surface area contributed by atoms with E-state index < -0.39 is 17.9 Å². The average molecular weight is 402 g/mol. The fourth-order valence-electron chi connectivity index (χ4n) is 3.52. The number of aliphatic imine (C=N–C) groups is 1. The highest BCUT2D eigenvalue weighted by molar-refractivity contribution is 6.20. The molecule has 2 aromatic carbocycles. The summed E-state index contributed by atoms with van der Waals surface area (Å²) in [6.07, 6.45) is 0.341. The molecular weight excluding hydrogens is 383 g/mol. The second kappa shape index (κ2) is 7.96. The van der Waals surface area contributed by atoms with Crippen LogP contribution in [-0.4, -0.2) is 28.6 Å². The molecule has 0 bridgehead atoms. The molecule has 3 aromatic rings. The first kappa shape index (κ1) is 19.6. The molecule has 1 aliphatic heterocycles. The molecule has 1 atom stereocenters. The van der Waals surface area contributed by atoms with Gasteiger partial charge >= 0.3 is 0 Å². The zero-order chi connectivity index (χ0) is 21.3. The number of ketones is 1. The highest BCUT2D eigenvalue weighted by Gasteiger charge is 2.31. The van der Waals surface area contributed by atoms with Gasteiger partial charge < -0.3 is 10.6 Å². The maximum atomic E-state index is 14.5. The topological polar surface area (TPSA) is 88.7 Å². The summed E-state index contributed by atoms with van der Waals surface area (Å²) >= 11 is 0. The van der Waals surface area contributed by atoms with Crippen LogP contribution in [0.4, 0.5) is 10.1 Å². The molecule has 7 heteroatoms. The van der Waals surface area contributed by atoms with Gasteiger partial charge in [-0.15, -0.1) is 0 Å². The van der Waals surface area contributed by atoms with Gasteiger partial charge in [0.15, 0.2) is 11.9 Å². The summed E-state index contributed by atoms with van der Waals surface area (Å²) in [4.78, 5) is 35.3. The lowest BCUT2D eigenvalue weighted by molar-refractivity contribution is -0.119. The van der Waals surface area contributed by atoms with Crippen molar-refractivity contribution in [2.45, 2.75) is 19.6 Å². The van der Waals surface area contributed by atoms with Gasteiger partial charge in [-0.25, -0.2) is 4.39 Å². The number of pyridine rings is 1. The molecule has 1 aromatic heterocycles. The maximum absolute atomic E-state index is 14.5. The molecule has 0 radical (unpaired) electrons. The number of carbonyl (C=O) groups is 2. The normalized spacial score (nSPS) is 16.0. The minimum atomic E-state index is -1.23. The van der Waals surface area contributed by atoms with Crippen LogP contribution in [0.15, 0.2) is 71.9 Å². The van der Waals surface area contributed by atoms with Crippen LogP contribution >= 0.6 is 0 Å². The lowest BCUT2D eigenvalue weighted by atomic mass is 9.99. The zero-order valence-corrected chi connectivity index (χ0v) is 16.2. The molecule has 1 aliphatic rings. The van der Waals surface area contributed by atoms with E-state index in [9.17, 15) is 14.0 Å². The summed E-state index contributed by atoms with van der Waals surface area (Å²) in [6.45, 7) is 1.49. The van der Waals surface area contributed by atoms with Crippen molar-refractivity contribution in [2.24, 2.45) is 10.7 Å². The number of carbonyl (C=O) groups excluding carboxylic acids is 2. The molecule has 2 heterocycles. The van der Waals surface area contributed by atoms with Crippen LogP contribution in [0.25, 0.3) is 0 Å². The molecular formula is C23H19FN4O2. The number of benzodiazepines with no additional fused rings is 1. The lowest BCUT2D eigenvalue weighted by Gasteiger charge is -2.24. The van der Waals surface area contributed by atoms with Crippen LogP contribution < -0.4 is 10.6 Å². The SMILES string of the molecule is CC(=O)c1cccnc1CN1C(=O)[C@@H](N)N=C(c2ccccc2F)c2ccccc21. The van der Waals surface area contributed by atoms with Gasteiger partial charge in [-0.1, -0.05) is 30.3 Å². The molecule has 150 valence electrons. The standard InChI is InChI=1S/C23H19FN4O2/c1-14(29)15-9-6-12-26-19(15)13-28-20-11-5-3-8-17(20)21(27-22(25)23(28)30)16-7-2-4-10-18(16)24/h2-12,22H,13,25H2,1H3/t22-/m0/s1. The van der Waals surface area contributed by atoms with Crippen molar-refractivity contribution in [2.75, 3.05) is 4.90 Å². The smallest absolute Gasteiger partial charge is 0.266 e. The van der Waals surface area contributed by atoms with Crippen LogP contribution in [0.1, 0.15) is 34.1 Å². The van der Waals surface area contributed by atoms with Crippen molar-refractivity contribution in [1.29, 1.82) is 0 Å². The number of nitrogens with two attached hydrogens (primary N) is 1. The molecule has 0 saturated heterocycles. The van der Waals surface area contributed by atoms with Crippen molar-refractivity contribution < 1.29 is 14.0 Å². The van der Waals surface area contributed by atoms with E-state index in [0.29, 0.717) is 28.2 Å². The summed E-state index contributed by atoms with van der Waals surface area (Å²) in [5, 5.41) is 0. The average Bonchev–Trinajstić information content (AvgIpc) is 2.85. The van der Waals surface area contributed by atoms with Gasteiger partial charge in [0.05, 0.1) is 23.6 Å². The van der Waals surface area contributed by atoms with E-state index in [-0.39, 0.29) is 17.9 Å². The Labute approximate surface area is 172 Å². The largest absolute Gasteiger partial charge is 0.303 e. The Hall–Kier alpha value is -3.71. The van der Waals surface area contributed by atoms with Gasteiger partial charge in [0.1, 0.15) is 5.82 Å². The molecule has 0 fully saturated rings. The monoisotopic (exact) mass is 402 g/mol. The summed E-state index contributed by atoms with van der Waals surface area (Å²) in [5.41, 5.74) is 8.63. The Balaban J connectivity index is 1.86. The number of para-hydroxylation sites is 1. The Kier molecular flexibility index (Phi) is 5.20. The van der Waals surface area contributed by atoms with E-state index in [0.717, 1.165) is 0 Å². The number of hydrogen-bond donors (Lipinski definition) is 1. The number of anilines is 1. The number of amides is 1. The third-order valence-corrected chi connectivity index (χ3v) is 4.94. The van der Waals surface area contributed by atoms with Crippen molar-refractivity contribution >= 4 is 23.1 Å². The second-order valence-corrected chi connectivity index (χ2v) is 6.90. The highest BCUT2D eigenvalue weighted by Crippen LogP contribution is 2.30. The first-order valence-electron chi connectivity index (χ1n) is 9.41. The van der Waals surface area contributed by atoms with E-state index in [1.165, 1.54) is 17.9 Å². The minimum Gasteiger partial charge on any atom is -0.303 e. The van der Waals surface area contributed by atoms with Gasteiger partial charge in [-0.2, -0.15) is 0 Å². The van der Waals surface area contributed by atoms with E-state index >= 15 is 0 Å². The van der Waals surface area contributed by atoms with Crippen molar-refractivity contribution in [3.05, 3.63) is 95.1 Å². The van der Waals surface area contributed by atoms with Gasteiger partial charge in [0, 0.05) is 22.9 Å². The van der Waals surface area contributed by atoms with Crippen molar-refractivity contribution in [1.82, 2.24) is 4.98 Å². The summed E-state index contributed by atoms with van der Waals surface area (Å²) in [6, 6.07) is 16.6. The molecule has 4 rings (SSSR count). The van der Waals surface area contributed by atoms with E-state index in [1.54, 1.807) is 60.8 Å². The number of halogens is 1. The first-order valence-corrected chi connectivity index (χ1v) is 9.41. The minimum absolute atomic E-state index is 0.0410.